The van der Waals surface area contributed by atoms with E-state index in [4.69, 9.17) is 9.47 Å². The first-order chi connectivity index (χ1) is 13.1. The summed E-state index contributed by atoms with van der Waals surface area (Å²) in [6.07, 6.45) is 3.29. The van der Waals surface area contributed by atoms with E-state index >= 15 is 0 Å². The molecule has 3 rings (SSSR count). The number of benzene rings is 1. The van der Waals surface area contributed by atoms with Crippen LogP contribution in [0.3, 0.4) is 0 Å². The number of carbonyl (C=O) groups is 1. The Labute approximate surface area is 161 Å². The van der Waals surface area contributed by atoms with Crippen LogP contribution in [0.4, 0.5) is 0 Å². The van der Waals surface area contributed by atoms with Gasteiger partial charge in [-0.25, -0.2) is 9.78 Å². The van der Waals surface area contributed by atoms with Gasteiger partial charge >= 0.3 is 5.97 Å². The van der Waals surface area contributed by atoms with E-state index in [2.05, 4.69) is 17.1 Å². The predicted molar refractivity (Wildman–Crippen MR) is 106 cm³/mol. The molecule has 0 unspecified atom stereocenters. The average Bonchev–Trinajstić information content (AvgIpc) is 3.02. The molecule has 2 heterocycles. The van der Waals surface area contributed by atoms with Gasteiger partial charge in [0.1, 0.15) is 16.3 Å². The summed E-state index contributed by atoms with van der Waals surface area (Å²) in [6.45, 7) is 2.87. The second-order valence-electron chi connectivity index (χ2n) is 6.20. The van der Waals surface area contributed by atoms with Crippen molar-refractivity contribution >= 4 is 27.5 Å². The van der Waals surface area contributed by atoms with Crippen LogP contribution in [-0.2, 0) is 22.4 Å². The van der Waals surface area contributed by atoms with Gasteiger partial charge in [-0.1, -0.05) is 30.3 Å². The lowest BCUT2D eigenvalue weighted by atomic mass is 10.1. The molecular formula is C20H22N2O4S. The molecule has 0 N–H and O–H groups in total. The maximum absolute atomic E-state index is 12.8. The molecule has 6 nitrogen and oxygen atoms in total. The number of rotatable bonds is 8. The van der Waals surface area contributed by atoms with E-state index in [0.29, 0.717) is 33.8 Å². The van der Waals surface area contributed by atoms with Crippen molar-refractivity contribution in [2.75, 3.05) is 20.3 Å². The quantitative estimate of drug-likeness (QED) is 0.439. The van der Waals surface area contributed by atoms with Crippen LogP contribution in [0.2, 0.25) is 0 Å². The number of ether oxygens (including phenoxy) is 2. The van der Waals surface area contributed by atoms with E-state index in [0.717, 1.165) is 12.8 Å². The summed E-state index contributed by atoms with van der Waals surface area (Å²) < 4.78 is 11.7. The van der Waals surface area contributed by atoms with E-state index in [1.54, 1.807) is 24.9 Å². The van der Waals surface area contributed by atoms with Gasteiger partial charge in [-0.3, -0.25) is 9.36 Å². The van der Waals surface area contributed by atoms with Crippen molar-refractivity contribution in [2.45, 2.75) is 26.3 Å². The van der Waals surface area contributed by atoms with Gasteiger partial charge in [-0.2, -0.15) is 0 Å². The fraction of sp³-hybridized carbons (Fsp3) is 0.350. The minimum atomic E-state index is -0.442. The Hall–Kier alpha value is -2.51. The lowest BCUT2D eigenvalue weighted by Gasteiger charge is -2.06. The molecule has 0 saturated carbocycles. The molecule has 0 fully saturated rings. The number of aromatic nitrogens is 2. The number of hydrogen-bond acceptors (Lipinski definition) is 6. The molecule has 0 spiro atoms. The highest BCUT2D eigenvalue weighted by molar-refractivity contribution is 7.20. The third kappa shape index (κ3) is 4.43. The van der Waals surface area contributed by atoms with Gasteiger partial charge < -0.3 is 9.47 Å². The van der Waals surface area contributed by atoms with E-state index < -0.39 is 5.97 Å². The van der Waals surface area contributed by atoms with E-state index in [1.807, 2.05) is 18.2 Å². The Balaban J connectivity index is 1.77. The largest absolute Gasteiger partial charge is 0.459 e. The number of aryl methyl sites for hydroxylation is 3. The molecule has 0 amide bonds. The third-order valence-electron chi connectivity index (χ3n) is 4.33. The van der Waals surface area contributed by atoms with Crippen LogP contribution in [0, 0.1) is 6.92 Å². The molecule has 0 aliphatic rings. The first kappa shape index (κ1) is 19.3. The molecule has 27 heavy (non-hydrogen) atoms. The number of methoxy groups -OCH3 is 1. The van der Waals surface area contributed by atoms with Crippen LogP contribution >= 0.6 is 11.3 Å². The zero-order valence-corrected chi connectivity index (χ0v) is 16.3. The van der Waals surface area contributed by atoms with Crippen LogP contribution < -0.4 is 5.56 Å². The zero-order chi connectivity index (χ0) is 19.2. The molecule has 3 aromatic rings. The minimum absolute atomic E-state index is 0.113. The van der Waals surface area contributed by atoms with Gasteiger partial charge in [0.2, 0.25) is 0 Å². The van der Waals surface area contributed by atoms with Crippen molar-refractivity contribution in [1.29, 1.82) is 0 Å². The zero-order valence-electron chi connectivity index (χ0n) is 15.4. The van der Waals surface area contributed by atoms with E-state index in [1.165, 1.54) is 16.9 Å². The van der Waals surface area contributed by atoms with Gasteiger partial charge in [0.05, 0.1) is 18.3 Å². The lowest BCUT2D eigenvalue weighted by molar-refractivity contribution is 0.0393. The smallest absolute Gasteiger partial charge is 0.348 e. The molecular weight excluding hydrogens is 364 g/mol. The van der Waals surface area contributed by atoms with Crippen molar-refractivity contribution in [3.05, 3.63) is 63.0 Å². The highest BCUT2D eigenvalue weighted by Gasteiger charge is 2.20. The maximum atomic E-state index is 12.8. The SMILES string of the molecule is COCCOC(=O)c1sc2ncn(CCCc3ccccc3)c(=O)c2c1C. The van der Waals surface area contributed by atoms with Gasteiger partial charge in [0.15, 0.2) is 0 Å². The first-order valence-electron chi connectivity index (χ1n) is 8.80. The molecule has 7 heteroatoms. The first-order valence-corrected chi connectivity index (χ1v) is 9.62. The summed E-state index contributed by atoms with van der Waals surface area (Å²) in [4.78, 5) is 30.4. The molecule has 142 valence electrons. The second-order valence-corrected chi connectivity index (χ2v) is 7.20. The Bertz CT molecular complexity index is 979. The summed E-state index contributed by atoms with van der Waals surface area (Å²) in [5.41, 5.74) is 1.76. The topological polar surface area (TPSA) is 70.4 Å². The van der Waals surface area contributed by atoms with Gasteiger partial charge in [-0.05, 0) is 30.9 Å². The third-order valence-corrected chi connectivity index (χ3v) is 5.51. The highest BCUT2D eigenvalue weighted by atomic mass is 32.1. The fourth-order valence-corrected chi connectivity index (χ4v) is 3.93. The second kappa shape index (κ2) is 8.92. The number of nitrogens with zero attached hydrogens (tertiary/aromatic N) is 2. The number of carbonyl (C=O) groups excluding carboxylic acids is 1. The van der Waals surface area contributed by atoms with Crippen molar-refractivity contribution in [2.24, 2.45) is 0 Å². The molecule has 0 aliphatic carbocycles. The normalized spacial score (nSPS) is 11.0. The molecule has 0 bridgehead atoms. The standard InChI is InChI=1S/C20H22N2O4S/c1-14-16-18(27-17(14)20(24)26-12-11-25-2)21-13-22(19(16)23)10-6-9-15-7-4-3-5-8-15/h3-5,7-8,13H,6,9-12H2,1-2H3. The van der Waals surface area contributed by atoms with Crippen LogP contribution in [-0.4, -0.2) is 35.8 Å². The van der Waals surface area contributed by atoms with Crippen molar-refractivity contribution in [1.82, 2.24) is 9.55 Å². The minimum Gasteiger partial charge on any atom is -0.459 e. The highest BCUT2D eigenvalue weighted by Crippen LogP contribution is 2.27. The molecule has 0 saturated heterocycles. The summed E-state index contributed by atoms with van der Waals surface area (Å²) in [5, 5.41) is 0.501. The average molecular weight is 386 g/mol. The van der Waals surface area contributed by atoms with Crippen LogP contribution in [0.25, 0.3) is 10.2 Å². The van der Waals surface area contributed by atoms with Crippen molar-refractivity contribution < 1.29 is 14.3 Å². The van der Waals surface area contributed by atoms with E-state index in [-0.39, 0.29) is 12.2 Å². The molecule has 2 aromatic heterocycles. The summed E-state index contributed by atoms with van der Waals surface area (Å²) >= 11 is 1.19. The predicted octanol–water partition coefficient (Wildman–Crippen LogP) is 3.20. The van der Waals surface area contributed by atoms with Gasteiger partial charge in [0, 0.05) is 13.7 Å². The lowest BCUT2D eigenvalue weighted by Crippen LogP contribution is -2.21. The monoisotopic (exact) mass is 386 g/mol. The number of esters is 1. The molecule has 0 radical (unpaired) electrons. The van der Waals surface area contributed by atoms with Crippen LogP contribution in [0.15, 0.2) is 41.5 Å². The Kier molecular flexibility index (Phi) is 6.36. The molecule has 1 aromatic carbocycles. The summed E-state index contributed by atoms with van der Waals surface area (Å²) in [6, 6.07) is 10.2. The fourth-order valence-electron chi connectivity index (χ4n) is 2.89. The summed E-state index contributed by atoms with van der Waals surface area (Å²) in [5.74, 6) is -0.442. The Morgan fingerprint density at radius 2 is 2.00 bits per heavy atom. The summed E-state index contributed by atoms with van der Waals surface area (Å²) in [7, 11) is 1.54. The van der Waals surface area contributed by atoms with Crippen molar-refractivity contribution in [3.63, 3.8) is 0 Å². The van der Waals surface area contributed by atoms with Crippen LogP contribution in [0.1, 0.15) is 27.2 Å². The van der Waals surface area contributed by atoms with Crippen LogP contribution in [0.5, 0.6) is 0 Å². The molecule has 0 aliphatic heterocycles. The van der Waals surface area contributed by atoms with Gasteiger partial charge in [0.25, 0.3) is 5.56 Å². The maximum Gasteiger partial charge on any atom is 0.348 e. The number of hydrogen-bond donors (Lipinski definition) is 0. The van der Waals surface area contributed by atoms with E-state index in [9.17, 15) is 9.59 Å². The van der Waals surface area contributed by atoms with Crippen molar-refractivity contribution in [3.8, 4) is 0 Å². The van der Waals surface area contributed by atoms with Gasteiger partial charge in [-0.15, -0.1) is 11.3 Å². The Morgan fingerprint density at radius 3 is 2.74 bits per heavy atom. The Morgan fingerprint density at radius 1 is 1.22 bits per heavy atom. The number of thiophene rings is 1. The number of fused-ring (bicyclic) bond motifs is 1. The molecule has 0 atom stereocenters.